The van der Waals surface area contributed by atoms with Gasteiger partial charge in [0.05, 0.1) is 24.0 Å². The first-order chi connectivity index (χ1) is 42.0. The number of likely N-dealkylation sites (tertiary alicyclic amines) is 3. The minimum Gasteiger partial charge on any atom is -0.443 e. The molecule has 0 N–H and O–H groups in total. The average Bonchev–Trinajstić information content (AvgIpc) is 1.83. The zero-order valence-electron chi connectivity index (χ0n) is 55.8. The van der Waals surface area contributed by atoms with Crippen LogP contribution in [-0.4, -0.2) is 111 Å². The molecular formula is C76H92N4O10. The number of nitrogens with zero attached hydrogens (tertiary/aromatic N) is 4. The molecule has 0 spiro atoms. The lowest BCUT2D eigenvalue weighted by Gasteiger charge is -2.37. The number of hydrogen-bond donors (Lipinski definition) is 0. The Bertz CT molecular complexity index is 3520. The van der Waals surface area contributed by atoms with Crippen molar-refractivity contribution in [1.82, 2.24) is 19.6 Å². The summed E-state index contributed by atoms with van der Waals surface area (Å²) in [7, 11) is 3.75. The van der Waals surface area contributed by atoms with Crippen LogP contribution in [-0.2, 0) is 49.6 Å². The molecule has 3 fully saturated rings. The molecule has 90 heavy (non-hydrogen) atoms. The number of imide groups is 3. The van der Waals surface area contributed by atoms with Gasteiger partial charge in [-0.2, -0.15) is 0 Å². The second kappa shape index (κ2) is 27.6. The topological polar surface area (TPSA) is 160 Å². The number of rotatable bonds is 11. The molecule has 6 aromatic rings. The summed E-state index contributed by atoms with van der Waals surface area (Å²) >= 11 is 0. The molecule has 0 bridgehead atoms. The minimum absolute atomic E-state index is 0.159. The Morgan fingerprint density at radius 2 is 0.756 bits per heavy atom. The largest absolute Gasteiger partial charge is 0.443 e. The van der Waals surface area contributed by atoms with Gasteiger partial charge in [0.15, 0.2) is 0 Å². The zero-order valence-corrected chi connectivity index (χ0v) is 55.8. The molecule has 0 aliphatic carbocycles. The van der Waals surface area contributed by atoms with Crippen LogP contribution in [0.3, 0.4) is 0 Å². The molecule has 6 amide bonds. The highest BCUT2D eigenvalue weighted by Crippen LogP contribution is 2.43. The highest BCUT2D eigenvalue weighted by atomic mass is 16.6. The lowest BCUT2D eigenvalue weighted by Crippen LogP contribution is -2.50. The molecule has 4 atom stereocenters. The molecule has 0 aromatic heterocycles. The third-order valence-corrected chi connectivity index (χ3v) is 16.8. The summed E-state index contributed by atoms with van der Waals surface area (Å²) in [6.45, 7) is 28.5. The fourth-order valence-electron chi connectivity index (χ4n) is 11.9. The van der Waals surface area contributed by atoms with Gasteiger partial charge in [0.2, 0.25) is 11.8 Å². The first-order valence-electron chi connectivity index (χ1n) is 31.0. The zero-order chi connectivity index (χ0) is 66.3. The van der Waals surface area contributed by atoms with Crippen molar-refractivity contribution in [1.29, 1.82) is 0 Å². The van der Waals surface area contributed by atoms with E-state index in [0.717, 1.165) is 49.4 Å². The molecule has 3 aliphatic rings. The quantitative estimate of drug-likeness (QED) is 0.0526. The van der Waals surface area contributed by atoms with Crippen LogP contribution in [0.15, 0.2) is 176 Å². The van der Waals surface area contributed by atoms with Gasteiger partial charge in [-0.15, -0.1) is 0 Å². The fraction of sp³-hybridized carbons (Fsp3) is 0.408. The summed E-state index contributed by atoms with van der Waals surface area (Å²) in [6.07, 6.45) is 2.37. The highest BCUT2D eigenvalue weighted by molar-refractivity contribution is 6.05. The van der Waals surface area contributed by atoms with Gasteiger partial charge >= 0.3 is 18.3 Å². The molecule has 9 rings (SSSR count). The van der Waals surface area contributed by atoms with Crippen LogP contribution in [0.4, 0.5) is 14.4 Å². The van der Waals surface area contributed by atoms with Crippen molar-refractivity contribution in [2.24, 2.45) is 5.92 Å². The molecular weight excluding hydrogens is 1130 g/mol. The molecule has 1 unspecified atom stereocenters. The fourth-order valence-corrected chi connectivity index (χ4v) is 11.9. The lowest BCUT2D eigenvalue weighted by atomic mass is 9.75. The normalized spacial score (nSPS) is 18.5. The summed E-state index contributed by atoms with van der Waals surface area (Å²) in [5.74, 6) is -1.76. The number of amides is 6. The van der Waals surface area contributed by atoms with Crippen molar-refractivity contribution in [3.63, 3.8) is 0 Å². The Labute approximate surface area is 533 Å². The van der Waals surface area contributed by atoms with Crippen LogP contribution >= 0.6 is 0 Å². The first-order valence-corrected chi connectivity index (χ1v) is 31.0. The molecule has 0 saturated carbocycles. The van der Waals surface area contributed by atoms with E-state index >= 15 is 0 Å². The molecule has 3 aliphatic heterocycles. The monoisotopic (exact) mass is 1220 g/mol. The molecule has 3 saturated heterocycles. The Morgan fingerprint density at radius 3 is 1.10 bits per heavy atom. The van der Waals surface area contributed by atoms with E-state index in [4.69, 9.17) is 14.2 Å². The van der Waals surface area contributed by atoms with Gasteiger partial charge in [0, 0.05) is 55.0 Å². The Kier molecular flexibility index (Phi) is 21.1. The van der Waals surface area contributed by atoms with Gasteiger partial charge in [-0.25, -0.2) is 29.1 Å². The lowest BCUT2D eigenvalue weighted by molar-refractivity contribution is -0.134. The number of carbonyl (C=O) groups excluding carboxylic acids is 7. The second-order valence-corrected chi connectivity index (χ2v) is 28.5. The molecule has 476 valence electrons. The van der Waals surface area contributed by atoms with E-state index in [0.29, 0.717) is 31.1 Å². The predicted octanol–water partition coefficient (Wildman–Crippen LogP) is 16.2. The second-order valence-electron chi connectivity index (χ2n) is 28.5. The van der Waals surface area contributed by atoms with Gasteiger partial charge < -0.3 is 23.9 Å². The van der Waals surface area contributed by atoms with E-state index in [-0.39, 0.29) is 35.7 Å². The maximum atomic E-state index is 13.2. The minimum atomic E-state index is -0.828. The van der Waals surface area contributed by atoms with E-state index in [1.165, 1.54) is 15.4 Å². The van der Waals surface area contributed by atoms with Gasteiger partial charge in [-0.3, -0.25) is 14.4 Å². The number of ether oxygens (including phenoxy) is 3. The molecule has 14 nitrogen and oxygen atoms in total. The Balaban J connectivity index is 0.000000192. The number of benzene rings is 6. The van der Waals surface area contributed by atoms with Crippen molar-refractivity contribution in [2.75, 3.05) is 14.1 Å². The summed E-state index contributed by atoms with van der Waals surface area (Å²) < 4.78 is 16.6. The maximum Gasteiger partial charge on any atom is 0.417 e. The van der Waals surface area contributed by atoms with Crippen molar-refractivity contribution in [2.45, 2.75) is 181 Å². The van der Waals surface area contributed by atoms with Gasteiger partial charge in [0.1, 0.15) is 23.1 Å². The average molecular weight is 1220 g/mol. The third kappa shape index (κ3) is 16.6. The third-order valence-electron chi connectivity index (χ3n) is 16.8. The van der Waals surface area contributed by atoms with Crippen molar-refractivity contribution < 1.29 is 47.8 Å². The van der Waals surface area contributed by atoms with Crippen molar-refractivity contribution >= 4 is 42.3 Å². The number of hydrogen-bond acceptors (Lipinski definition) is 11. The summed E-state index contributed by atoms with van der Waals surface area (Å²) in [5.41, 5.74) is 7.11. The van der Waals surface area contributed by atoms with Crippen LogP contribution in [0, 0.1) is 5.92 Å². The first kappa shape index (κ1) is 68.8. The SMILES string of the molecule is CC(C)(C)OC(=O)N1C(=O)C(C=O)C[C@H]1C(C)(C)c1ccc(-c2ccccc2)cc1.CC(C)(C)OC(=O)N1C(=O)CC[C@H]1C(C)(C)c1ccc(-c2ccccc2)cc1.CN(C)/C=C1/C[C@@H](C(C)(C)c2ccc(-c3ccccc3)cc2)N(C(=O)OC(C)(C)C)C1=O. The standard InChI is InChI=1S/C27H34N2O3.C25H29NO4.C24H29NO3/c1-26(2,3)32-25(31)29-23(17-21(24(29)30)18-28(6)7)27(4,5)22-15-13-20(14-16-22)19-11-9-8-10-12-19;1-24(2,3)30-23(29)26-21(15-19(16-27)22(26)28)25(4,5)20-13-11-18(12-14-20)17-9-7-6-8-10-17;1-23(2,3)28-22(27)25-20(15-16-21(25)26)24(4,5)19-13-11-18(12-14-19)17-9-7-6-8-10-17/h8-16,18,23H,17H2,1-7H3;6-14,16,19,21H,15H2,1-5H3;6-14,20H,15-16H2,1-5H3/b21-18-;;/t23-;19?,21-;20-/m000/s1. The van der Waals surface area contributed by atoms with Crippen molar-refractivity contribution in [3.8, 4) is 33.4 Å². The number of carbonyl (C=O) groups is 7. The number of aldehydes is 1. The van der Waals surface area contributed by atoms with E-state index < -0.39 is 63.8 Å². The molecule has 6 aromatic carbocycles. The molecule has 0 radical (unpaired) electrons. The van der Waals surface area contributed by atoms with Gasteiger partial charge in [-0.05, 0) is 125 Å². The van der Waals surface area contributed by atoms with E-state index in [1.807, 2.05) is 153 Å². The van der Waals surface area contributed by atoms with Crippen LogP contribution in [0.25, 0.3) is 33.4 Å². The van der Waals surface area contributed by atoms with E-state index in [2.05, 4.69) is 113 Å². The summed E-state index contributed by atoms with van der Waals surface area (Å²) in [6, 6.07) is 54.3. The Morgan fingerprint density at radius 1 is 0.433 bits per heavy atom. The van der Waals surface area contributed by atoms with Gasteiger partial charge in [0.25, 0.3) is 5.91 Å². The summed E-state index contributed by atoms with van der Waals surface area (Å²) in [4.78, 5) is 94.2. The predicted molar refractivity (Wildman–Crippen MR) is 355 cm³/mol. The van der Waals surface area contributed by atoms with E-state index in [9.17, 15) is 33.6 Å². The molecule has 14 heteroatoms. The van der Waals surface area contributed by atoms with Crippen molar-refractivity contribution in [3.05, 3.63) is 192 Å². The van der Waals surface area contributed by atoms with Crippen LogP contribution in [0.1, 0.15) is 146 Å². The Hall–Kier alpha value is -8.65. The van der Waals surface area contributed by atoms with E-state index in [1.54, 1.807) is 27.0 Å². The highest BCUT2D eigenvalue weighted by Gasteiger charge is 2.52. The van der Waals surface area contributed by atoms with Crippen LogP contribution in [0.2, 0.25) is 0 Å². The van der Waals surface area contributed by atoms with Crippen LogP contribution < -0.4 is 0 Å². The molecule has 3 heterocycles. The van der Waals surface area contributed by atoms with Crippen LogP contribution in [0.5, 0.6) is 0 Å². The maximum absolute atomic E-state index is 13.2. The van der Waals surface area contributed by atoms with Gasteiger partial charge in [-0.1, -0.05) is 205 Å². The smallest absolute Gasteiger partial charge is 0.417 e. The summed E-state index contributed by atoms with van der Waals surface area (Å²) in [5, 5.41) is 0.